The van der Waals surface area contributed by atoms with Crippen LogP contribution >= 0.6 is 0 Å². The van der Waals surface area contributed by atoms with E-state index in [0.717, 1.165) is 25.9 Å². The minimum absolute atomic E-state index is 0.152. The predicted molar refractivity (Wildman–Crippen MR) is 89.0 cm³/mol. The molecule has 1 aromatic heterocycles. The molecular weight excluding hydrogens is 258 g/mol. The molecule has 0 bridgehead atoms. The fourth-order valence-corrected chi connectivity index (χ4v) is 3.12. The van der Waals surface area contributed by atoms with E-state index in [-0.39, 0.29) is 17.5 Å². The lowest BCUT2D eigenvalue weighted by Crippen LogP contribution is -2.43. The third-order valence-corrected chi connectivity index (χ3v) is 4.50. The quantitative estimate of drug-likeness (QED) is 0.861. The van der Waals surface area contributed by atoms with Crippen LogP contribution in [0.5, 0.6) is 0 Å². The Morgan fingerprint density at radius 2 is 2.14 bits per heavy atom. The van der Waals surface area contributed by atoms with Gasteiger partial charge in [0, 0.05) is 31.5 Å². The molecule has 2 atom stereocenters. The first-order valence-electron chi connectivity index (χ1n) is 8.02. The molecular formula is C18H29N3. The van der Waals surface area contributed by atoms with Crippen LogP contribution in [-0.2, 0) is 0 Å². The Balaban J connectivity index is 2.19. The molecule has 0 amide bonds. The van der Waals surface area contributed by atoms with Crippen molar-refractivity contribution in [1.82, 2.24) is 9.88 Å². The Morgan fingerprint density at radius 3 is 2.62 bits per heavy atom. The molecule has 0 aromatic carbocycles. The van der Waals surface area contributed by atoms with Gasteiger partial charge in [0.1, 0.15) is 0 Å². The zero-order chi connectivity index (χ0) is 15.5. The van der Waals surface area contributed by atoms with E-state index >= 15 is 0 Å². The van der Waals surface area contributed by atoms with Gasteiger partial charge in [-0.05, 0) is 29.9 Å². The summed E-state index contributed by atoms with van der Waals surface area (Å²) in [5, 5.41) is 0. The van der Waals surface area contributed by atoms with Crippen molar-refractivity contribution >= 4 is 0 Å². The summed E-state index contributed by atoms with van der Waals surface area (Å²) in [7, 11) is 0. The highest BCUT2D eigenvalue weighted by atomic mass is 15.2. The van der Waals surface area contributed by atoms with Gasteiger partial charge in [0.15, 0.2) is 0 Å². The summed E-state index contributed by atoms with van der Waals surface area (Å²) in [5.74, 6) is 0. The predicted octanol–water partition coefficient (Wildman–Crippen LogP) is 3.54. The third-order valence-electron chi connectivity index (χ3n) is 4.50. The SMILES string of the molecule is CCC(N)C(c1cccnc1)N1CC=C(C(C)(C)C)CC1. The normalized spacial score (nSPS) is 20.0. The number of rotatable bonds is 4. The largest absolute Gasteiger partial charge is 0.326 e. The third kappa shape index (κ3) is 3.92. The van der Waals surface area contributed by atoms with Gasteiger partial charge in [-0.2, -0.15) is 0 Å². The standard InChI is InChI=1S/C18H29N3/c1-5-16(19)17(14-7-6-10-20-13-14)21-11-8-15(9-12-21)18(2,3)4/h6-8,10,13,16-17H,5,9,11-12,19H2,1-4H3. The number of hydrogen-bond donors (Lipinski definition) is 1. The van der Waals surface area contributed by atoms with Crippen molar-refractivity contribution in [3.05, 3.63) is 41.7 Å². The van der Waals surface area contributed by atoms with E-state index in [9.17, 15) is 0 Å². The molecule has 0 saturated carbocycles. The molecule has 0 aliphatic carbocycles. The maximum absolute atomic E-state index is 6.41. The van der Waals surface area contributed by atoms with Gasteiger partial charge >= 0.3 is 0 Å². The Labute approximate surface area is 129 Å². The summed E-state index contributed by atoms with van der Waals surface area (Å²) < 4.78 is 0. The van der Waals surface area contributed by atoms with Gasteiger partial charge in [-0.3, -0.25) is 9.88 Å². The number of hydrogen-bond acceptors (Lipinski definition) is 3. The van der Waals surface area contributed by atoms with E-state index < -0.39 is 0 Å². The van der Waals surface area contributed by atoms with Crippen LogP contribution in [0.3, 0.4) is 0 Å². The minimum atomic E-state index is 0.152. The van der Waals surface area contributed by atoms with Crippen molar-refractivity contribution in [2.24, 2.45) is 11.1 Å². The molecule has 0 fully saturated rings. The second-order valence-corrected chi connectivity index (χ2v) is 7.03. The Morgan fingerprint density at radius 1 is 1.38 bits per heavy atom. The van der Waals surface area contributed by atoms with Crippen molar-refractivity contribution in [2.75, 3.05) is 13.1 Å². The number of nitrogens with two attached hydrogens (primary N) is 1. The molecule has 0 saturated heterocycles. The van der Waals surface area contributed by atoms with Gasteiger partial charge in [0.25, 0.3) is 0 Å². The average Bonchev–Trinajstić information content (AvgIpc) is 2.48. The lowest BCUT2D eigenvalue weighted by atomic mass is 9.82. The van der Waals surface area contributed by atoms with Crippen LogP contribution in [0.4, 0.5) is 0 Å². The monoisotopic (exact) mass is 287 g/mol. The molecule has 1 aromatic rings. The van der Waals surface area contributed by atoms with Crippen LogP contribution < -0.4 is 5.73 Å². The van der Waals surface area contributed by atoms with E-state index in [1.807, 2.05) is 18.5 Å². The van der Waals surface area contributed by atoms with Crippen LogP contribution in [0.15, 0.2) is 36.2 Å². The smallest absolute Gasteiger partial charge is 0.0517 e. The number of pyridine rings is 1. The van der Waals surface area contributed by atoms with Crippen molar-refractivity contribution < 1.29 is 0 Å². The molecule has 2 heterocycles. The highest BCUT2D eigenvalue weighted by molar-refractivity contribution is 5.20. The van der Waals surface area contributed by atoms with E-state index in [1.165, 1.54) is 5.56 Å². The molecule has 21 heavy (non-hydrogen) atoms. The molecule has 2 rings (SSSR count). The van der Waals surface area contributed by atoms with E-state index in [0.29, 0.717) is 0 Å². The van der Waals surface area contributed by atoms with Crippen molar-refractivity contribution in [1.29, 1.82) is 0 Å². The fraction of sp³-hybridized carbons (Fsp3) is 0.611. The molecule has 0 radical (unpaired) electrons. The Bertz CT molecular complexity index is 473. The van der Waals surface area contributed by atoms with Crippen LogP contribution in [0.1, 0.15) is 52.1 Å². The summed E-state index contributed by atoms with van der Waals surface area (Å²) in [6.07, 6.45) is 8.30. The second-order valence-electron chi connectivity index (χ2n) is 7.03. The maximum atomic E-state index is 6.41. The summed E-state index contributed by atoms with van der Waals surface area (Å²) in [6, 6.07) is 4.57. The summed E-state index contributed by atoms with van der Waals surface area (Å²) in [6.45, 7) is 11.1. The summed E-state index contributed by atoms with van der Waals surface area (Å²) in [4.78, 5) is 6.77. The van der Waals surface area contributed by atoms with E-state index in [1.54, 1.807) is 5.57 Å². The molecule has 2 unspecified atom stereocenters. The number of nitrogens with zero attached hydrogens (tertiary/aromatic N) is 2. The molecule has 116 valence electrons. The van der Waals surface area contributed by atoms with Crippen LogP contribution in [-0.4, -0.2) is 29.0 Å². The topological polar surface area (TPSA) is 42.1 Å². The van der Waals surface area contributed by atoms with Gasteiger partial charge in [0.05, 0.1) is 6.04 Å². The zero-order valence-corrected chi connectivity index (χ0v) is 13.8. The molecule has 1 aliphatic rings. The second kappa shape index (κ2) is 6.71. The van der Waals surface area contributed by atoms with Gasteiger partial charge in [-0.1, -0.05) is 45.4 Å². The fourth-order valence-electron chi connectivity index (χ4n) is 3.12. The first kappa shape index (κ1) is 16.2. The van der Waals surface area contributed by atoms with Gasteiger partial charge in [0.2, 0.25) is 0 Å². The van der Waals surface area contributed by atoms with Crippen LogP contribution in [0.25, 0.3) is 0 Å². The zero-order valence-electron chi connectivity index (χ0n) is 13.8. The minimum Gasteiger partial charge on any atom is -0.326 e. The van der Waals surface area contributed by atoms with E-state index in [2.05, 4.69) is 49.7 Å². The highest BCUT2D eigenvalue weighted by Crippen LogP contribution is 2.33. The van der Waals surface area contributed by atoms with Gasteiger partial charge in [-0.15, -0.1) is 0 Å². The lowest BCUT2D eigenvalue weighted by Gasteiger charge is -2.39. The maximum Gasteiger partial charge on any atom is 0.0517 e. The summed E-state index contributed by atoms with van der Waals surface area (Å²) >= 11 is 0. The first-order valence-corrected chi connectivity index (χ1v) is 8.02. The highest BCUT2D eigenvalue weighted by Gasteiger charge is 2.29. The van der Waals surface area contributed by atoms with Gasteiger partial charge in [-0.25, -0.2) is 0 Å². The first-order chi connectivity index (χ1) is 9.93. The Kier molecular flexibility index (Phi) is 5.17. The van der Waals surface area contributed by atoms with Crippen LogP contribution in [0.2, 0.25) is 0 Å². The van der Waals surface area contributed by atoms with E-state index in [4.69, 9.17) is 5.73 Å². The van der Waals surface area contributed by atoms with Gasteiger partial charge < -0.3 is 5.73 Å². The lowest BCUT2D eigenvalue weighted by molar-refractivity contribution is 0.176. The van der Waals surface area contributed by atoms with Crippen molar-refractivity contribution in [2.45, 2.75) is 52.6 Å². The molecule has 2 N–H and O–H groups in total. The molecule has 1 aliphatic heterocycles. The molecule has 3 nitrogen and oxygen atoms in total. The average molecular weight is 287 g/mol. The Hall–Kier alpha value is -1.19. The van der Waals surface area contributed by atoms with Crippen molar-refractivity contribution in [3.8, 4) is 0 Å². The van der Waals surface area contributed by atoms with Crippen molar-refractivity contribution in [3.63, 3.8) is 0 Å². The molecule has 0 spiro atoms. The molecule has 3 heteroatoms. The summed E-state index contributed by atoms with van der Waals surface area (Å²) in [5.41, 5.74) is 9.49. The number of aromatic nitrogens is 1. The van der Waals surface area contributed by atoms with Crippen LogP contribution in [0, 0.1) is 5.41 Å².